The molecular weight excluding hydrogens is 352 g/mol. The van der Waals surface area contributed by atoms with Gasteiger partial charge in [-0.25, -0.2) is 4.79 Å². The van der Waals surface area contributed by atoms with Gasteiger partial charge in [-0.05, 0) is 64.1 Å². The molecule has 2 saturated carbocycles. The van der Waals surface area contributed by atoms with Gasteiger partial charge in [0.25, 0.3) is 0 Å². The van der Waals surface area contributed by atoms with E-state index in [0.717, 1.165) is 32.2 Å². The lowest BCUT2D eigenvalue weighted by Crippen LogP contribution is -2.55. The molecule has 2 N–H and O–H groups in total. The van der Waals surface area contributed by atoms with Crippen molar-refractivity contribution in [1.29, 1.82) is 0 Å². The number of hydrogen-bond donors (Lipinski definition) is 1. The molecule has 1 heterocycles. The summed E-state index contributed by atoms with van der Waals surface area (Å²) in [6.45, 7) is 1.48. The molecule has 1 aliphatic heterocycles. The molecule has 4 rings (SSSR count). The summed E-state index contributed by atoms with van der Waals surface area (Å²) >= 11 is 0. The summed E-state index contributed by atoms with van der Waals surface area (Å²) in [5, 5.41) is 0. The first-order valence-corrected chi connectivity index (χ1v) is 10.4. The Bertz CT molecular complexity index is 736. The summed E-state index contributed by atoms with van der Waals surface area (Å²) in [5.74, 6) is 0.198. The van der Waals surface area contributed by atoms with Crippen LogP contribution in [0.25, 0.3) is 0 Å². The van der Waals surface area contributed by atoms with Crippen molar-refractivity contribution in [3.05, 3.63) is 35.9 Å². The summed E-state index contributed by atoms with van der Waals surface area (Å²) in [6.07, 6.45) is 6.33. The number of primary amides is 1. The van der Waals surface area contributed by atoms with Gasteiger partial charge in [-0.2, -0.15) is 0 Å². The van der Waals surface area contributed by atoms with Gasteiger partial charge in [0.05, 0.1) is 5.54 Å². The largest absolute Gasteiger partial charge is 0.368 e. The number of urea groups is 1. The predicted octanol–water partition coefficient (Wildman–Crippen LogP) is 2.39. The van der Waals surface area contributed by atoms with Crippen molar-refractivity contribution >= 4 is 11.9 Å². The maximum absolute atomic E-state index is 13.1. The molecule has 6 heteroatoms. The highest BCUT2D eigenvalue weighted by molar-refractivity contribution is 5.85. The minimum absolute atomic E-state index is 0.00207. The van der Waals surface area contributed by atoms with Crippen LogP contribution in [0.1, 0.15) is 44.1 Å². The van der Waals surface area contributed by atoms with Crippen molar-refractivity contribution in [3.63, 3.8) is 0 Å². The molecule has 3 fully saturated rings. The van der Waals surface area contributed by atoms with Gasteiger partial charge in [-0.1, -0.05) is 30.3 Å². The van der Waals surface area contributed by atoms with Crippen LogP contribution >= 0.6 is 0 Å². The Morgan fingerprint density at radius 1 is 1.14 bits per heavy atom. The number of nitrogens with two attached hydrogens (primary N) is 1. The van der Waals surface area contributed by atoms with Crippen LogP contribution in [0.3, 0.4) is 0 Å². The highest BCUT2D eigenvalue weighted by atomic mass is 16.2. The van der Waals surface area contributed by atoms with Gasteiger partial charge in [0, 0.05) is 18.6 Å². The number of benzene rings is 1. The van der Waals surface area contributed by atoms with Crippen LogP contribution < -0.4 is 5.73 Å². The molecule has 1 saturated heterocycles. The van der Waals surface area contributed by atoms with Crippen molar-refractivity contribution in [2.24, 2.45) is 11.7 Å². The van der Waals surface area contributed by atoms with Crippen LogP contribution in [0.15, 0.2) is 30.3 Å². The van der Waals surface area contributed by atoms with E-state index in [1.807, 2.05) is 0 Å². The summed E-state index contributed by atoms with van der Waals surface area (Å²) in [6, 6.07) is 10.7. The molecular formula is C22H32N4O2. The lowest BCUT2D eigenvalue weighted by Gasteiger charge is -2.51. The van der Waals surface area contributed by atoms with Crippen LogP contribution in [0.4, 0.5) is 4.79 Å². The fourth-order valence-electron chi connectivity index (χ4n) is 5.32. The monoisotopic (exact) mass is 384 g/mol. The van der Waals surface area contributed by atoms with E-state index in [1.54, 1.807) is 4.90 Å². The highest BCUT2D eigenvalue weighted by Crippen LogP contribution is 2.49. The molecule has 1 spiro atoms. The fraction of sp³-hybridized carbons (Fsp3) is 0.636. The molecule has 28 heavy (non-hydrogen) atoms. The van der Waals surface area contributed by atoms with E-state index in [-0.39, 0.29) is 23.7 Å². The minimum Gasteiger partial charge on any atom is -0.368 e. The van der Waals surface area contributed by atoms with E-state index in [0.29, 0.717) is 12.5 Å². The lowest BCUT2D eigenvalue weighted by atomic mass is 9.68. The Morgan fingerprint density at radius 3 is 2.32 bits per heavy atom. The maximum atomic E-state index is 13.1. The topological polar surface area (TPSA) is 69.9 Å². The zero-order chi connectivity index (χ0) is 19.9. The van der Waals surface area contributed by atoms with E-state index in [1.165, 1.54) is 18.4 Å². The minimum atomic E-state index is -0.431. The summed E-state index contributed by atoms with van der Waals surface area (Å²) < 4.78 is 0. The van der Waals surface area contributed by atoms with Crippen molar-refractivity contribution in [3.8, 4) is 0 Å². The molecule has 3 amide bonds. The first-order valence-electron chi connectivity index (χ1n) is 10.4. The fourth-order valence-corrected chi connectivity index (χ4v) is 5.32. The number of rotatable bonds is 6. The van der Waals surface area contributed by atoms with Gasteiger partial charge in [-0.15, -0.1) is 0 Å². The first kappa shape index (κ1) is 19.2. The first-order chi connectivity index (χ1) is 13.4. The normalized spacial score (nSPS) is 30.5. The molecule has 2 aliphatic carbocycles. The third-order valence-corrected chi connectivity index (χ3v) is 7.22. The SMILES string of the molecule is CN(C)C1(c2ccccc2)CCC2(CC1)CN(CC(N)=O)C(=O)N2CC1CC1. The van der Waals surface area contributed by atoms with E-state index in [9.17, 15) is 9.59 Å². The van der Waals surface area contributed by atoms with Crippen LogP contribution in [0, 0.1) is 5.92 Å². The molecule has 0 radical (unpaired) electrons. The molecule has 1 aromatic rings. The van der Waals surface area contributed by atoms with Gasteiger partial charge in [0.1, 0.15) is 6.54 Å². The van der Waals surface area contributed by atoms with Crippen LogP contribution in [0.2, 0.25) is 0 Å². The Balaban J connectivity index is 1.59. The van der Waals surface area contributed by atoms with E-state index < -0.39 is 5.91 Å². The van der Waals surface area contributed by atoms with Gasteiger partial charge in [0.15, 0.2) is 0 Å². The van der Waals surface area contributed by atoms with Gasteiger partial charge in [0.2, 0.25) is 5.91 Å². The second-order valence-corrected chi connectivity index (χ2v) is 9.18. The average Bonchev–Trinajstić information content (AvgIpc) is 3.46. The molecule has 0 bridgehead atoms. The third kappa shape index (κ3) is 3.28. The smallest absolute Gasteiger partial charge is 0.321 e. The number of carbonyl (C=O) groups is 2. The zero-order valence-corrected chi connectivity index (χ0v) is 17.1. The Hall–Kier alpha value is -2.08. The van der Waals surface area contributed by atoms with Gasteiger partial charge < -0.3 is 15.5 Å². The molecule has 0 aromatic heterocycles. The summed E-state index contributed by atoms with van der Waals surface area (Å²) in [4.78, 5) is 30.7. The number of amides is 3. The Labute approximate surface area is 167 Å². The van der Waals surface area contributed by atoms with Crippen LogP contribution in [-0.4, -0.2) is 65.9 Å². The van der Waals surface area contributed by atoms with E-state index in [4.69, 9.17) is 5.73 Å². The zero-order valence-electron chi connectivity index (χ0n) is 17.1. The Kier molecular flexibility index (Phi) is 4.86. The second kappa shape index (κ2) is 7.07. The average molecular weight is 385 g/mol. The van der Waals surface area contributed by atoms with Crippen molar-refractivity contribution in [2.75, 3.05) is 33.7 Å². The number of carbonyl (C=O) groups excluding carboxylic acids is 2. The summed E-state index contributed by atoms with van der Waals surface area (Å²) in [5.41, 5.74) is 6.60. The van der Waals surface area contributed by atoms with E-state index in [2.05, 4.69) is 54.2 Å². The molecule has 1 aromatic carbocycles. The van der Waals surface area contributed by atoms with Crippen LogP contribution in [-0.2, 0) is 10.3 Å². The van der Waals surface area contributed by atoms with E-state index >= 15 is 0 Å². The second-order valence-electron chi connectivity index (χ2n) is 9.18. The highest BCUT2D eigenvalue weighted by Gasteiger charge is 2.55. The number of hydrogen-bond acceptors (Lipinski definition) is 3. The molecule has 6 nitrogen and oxygen atoms in total. The van der Waals surface area contributed by atoms with Crippen molar-refractivity contribution < 1.29 is 9.59 Å². The molecule has 0 unspecified atom stereocenters. The lowest BCUT2D eigenvalue weighted by molar-refractivity contribution is -0.118. The molecule has 0 atom stereocenters. The third-order valence-electron chi connectivity index (χ3n) is 7.22. The van der Waals surface area contributed by atoms with Crippen LogP contribution in [0.5, 0.6) is 0 Å². The predicted molar refractivity (Wildman–Crippen MR) is 109 cm³/mol. The number of nitrogens with zero attached hydrogens (tertiary/aromatic N) is 3. The van der Waals surface area contributed by atoms with Gasteiger partial charge in [-0.3, -0.25) is 9.69 Å². The van der Waals surface area contributed by atoms with Crippen molar-refractivity contribution in [2.45, 2.75) is 49.6 Å². The van der Waals surface area contributed by atoms with Crippen molar-refractivity contribution in [1.82, 2.24) is 14.7 Å². The Morgan fingerprint density at radius 2 is 1.79 bits per heavy atom. The quantitative estimate of drug-likeness (QED) is 0.819. The molecule has 152 valence electrons. The maximum Gasteiger partial charge on any atom is 0.321 e. The van der Waals surface area contributed by atoms with Gasteiger partial charge >= 0.3 is 6.03 Å². The molecule has 3 aliphatic rings. The summed E-state index contributed by atoms with van der Waals surface area (Å²) in [7, 11) is 4.32. The standard InChI is InChI=1S/C22H32N4O2/c1-24(2)22(18-6-4-3-5-7-18)12-10-21(11-13-22)16-25(15-19(23)27)20(28)26(21)14-17-8-9-17/h3-7,17H,8-16H2,1-2H3,(H2,23,27).